The topological polar surface area (TPSA) is 76.5 Å². The van der Waals surface area contributed by atoms with Gasteiger partial charge < -0.3 is 10.1 Å². The van der Waals surface area contributed by atoms with E-state index in [0.717, 1.165) is 58.7 Å². The molecule has 1 fully saturated rings. The average Bonchev–Trinajstić information content (AvgIpc) is 3.20. The van der Waals surface area contributed by atoms with Crippen LogP contribution < -0.4 is 10.9 Å². The molecule has 34 heavy (non-hydrogen) atoms. The maximum atomic E-state index is 13.8. The van der Waals surface area contributed by atoms with Crippen molar-refractivity contribution < 1.29 is 9.53 Å². The van der Waals surface area contributed by atoms with Gasteiger partial charge in [0.15, 0.2) is 0 Å². The van der Waals surface area contributed by atoms with Crippen molar-refractivity contribution in [3.63, 3.8) is 0 Å². The molecule has 0 spiro atoms. The maximum absolute atomic E-state index is 13.8. The number of nitrogens with one attached hydrogen (secondary N) is 1. The summed E-state index contributed by atoms with van der Waals surface area (Å²) in [4.78, 5) is 37.2. The molecule has 7 nitrogen and oxygen atoms in total. The summed E-state index contributed by atoms with van der Waals surface area (Å²) in [6.07, 6.45) is 4.97. The van der Waals surface area contributed by atoms with Gasteiger partial charge in [0.1, 0.15) is 17.2 Å². The van der Waals surface area contributed by atoms with Gasteiger partial charge in [0.05, 0.1) is 30.8 Å². The highest BCUT2D eigenvalue weighted by molar-refractivity contribution is 7.98. The Balaban J connectivity index is 1.52. The van der Waals surface area contributed by atoms with E-state index in [1.165, 1.54) is 4.88 Å². The molecule has 1 saturated heterocycles. The van der Waals surface area contributed by atoms with Crippen molar-refractivity contribution in [3.05, 3.63) is 50.9 Å². The zero-order valence-electron chi connectivity index (χ0n) is 19.6. The zero-order chi connectivity index (χ0) is 23.7. The predicted molar refractivity (Wildman–Crippen MR) is 138 cm³/mol. The lowest BCUT2D eigenvalue weighted by Crippen LogP contribution is -2.39. The Morgan fingerprint density at radius 3 is 2.88 bits per heavy atom. The number of carbonyl (C=O) groups excluding carboxylic acids is 1. The molecule has 0 saturated carbocycles. The van der Waals surface area contributed by atoms with Gasteiger partial charge in [-0.25, -0.2) is 4.98 Å². The molecule has 1 atom stereocenters. The van der Waals surface area contributed by atoms with E-state index in [-0.39, 0.29) is 18.0 Å². The van der Waals surface area contributed by atoms with Gasteiger partial charge in [-0.2, -0.15) is 0 Å². The van der Waals surface area contributed by atoms with Crippen LogP contribution in [0.2, 0.25) is 0 Å². The Labute approximate surface area is 207 Å². The lowest BCUT2D eigenvalue weighted by molar-refractivity contribution is -0.116. The predicted octanol–water partition coefficient (Wildman–Crippen LogP) is 3.78. The van der Waals surface area contributed by atoms with Crippen LogP contribution in [0.25, 0.3) is 10.2 Å². The first kappa shape index (κ1) is 23.5. The van der Waals surface area contributed by atoms with Crippen LogP contribution in [0, 0.1) is 5.92 Å². The number of para-hydroxylation sites is 1. The number of amides is 1. The first-order valence-corrected chi connectivity index (χ1v) is 13.8. The molecule has 1 amide bonds. The molecule has 5 rings (SSSR count). The van der Waals surface area contributed by atoms with E-state index in [9.17, 15) is 9.59 Å². The number of hydrogen-bond acceptors (Lipinski definition) is 7. The highest BCUT2D eigenvalue weighted by Crippen LogP contribution is 2.36. The molecular formula is C25H30N4O3S2. The fourth-order valence-corrected chi connectivity index (χ4v) is 6.74. The van der Waals surface area contributed by atoms with Crippen molar-refractivity contribution >= 4 is 44.9 Å². The first-order chi connectivity index (χ1) is 16.5. The van der Waals surface area contributed by atoms with E-state index in [2.05, 4.69) is 17.1 Å². The van der Waals surface area contributed by atoms with E-state index in [0.29, 0.717) is 31.5 Å². The largest absolute Gasteiger partial charge is 0.379 e. The third kappa shape index (κ3) is 4.79. The van der Waals surface area contributed by atoms with Crippen molar-refractivity contribution in [2.45, 2.75) is 44.2 Å². The Morgan fingerprint density at radius 2 is 2.09 bits per heavy atom. The molecule has 0 bridgehead atoms. The number of benzene rings is 1. The Hall–Kier alpha value is -2.20. The SMILES string of the molecule is CSc1ccccc1NC(=O)Cn1c(CN2CCOCC2)nc2sc3c(c2c1=O)CC[C@H](C)C3. The number of carbonyl (C=O) groups is 1. The third-order valence-electron chi connectivity index (χ3n) is 6.65. The summed E-state index contributed by atoms with van der Waals surface area (Å²) in [7, 11) is 0. The smallest absolute Gasteiger partial charge is 0.263 e. The Morgan fingerprint density at radius 1 is 1.29 bits per heavy atom. The molecule has 1 aliphatic carbocycles. The first-order valence-electron chi connectivity index (χ1n) is 11.8. The number of thiophene rings is 1. The maximum Gasteiger partial charge on any atom is 0.263 e. The highest BCUT2D eigenvalue weighted by Gasteiger charge is 2.26. The number of hydrogen-bond donors (Lipinski definition) is 1. The summed E-state index contributed by atoms with van der Waals surface area (Å²) < 4.78 is 7.08. The van der Waals surface area contributed by atoms with Gasteiger partial charge in [-0.15, -0.1) is 23.1 Å². The summed E-state index contributed by atoms with van der Waals surface area (Å²) in [5, 5.41) is 3.72. The van der Waals surface area contributed by atoms with E-state index in [4.69, 9.17) is 9.72 Å². The van der Waals surface area contributed by atoms with E-state index >= 15 is 0 Å². The third-order valence-corrected chi connectivity index (χ3v) is 8.59. The van der Waals surface area contributed by atoms with Crippen molar-refractivity contribution in [2.75, 3.05) is 37.9 Å². The lowest BCUT2D eigenvalue weighted by Gasteiger charge is -2.27. The second-order valence-electron chi connectivity index (χ2n) is 9.09. The van der Waals surface area contributed by atoms with Gasteiger partial charge >= 0.3 is 0 Å². The monoisotopic (exact) mass is 498 g/mol. The minimum atomic E-state index is -0.217. The van der Waals surface area contributed by atoms with Crippen LogP contribution in [0.1, 0.15) is 29.6 Å². The number of aryl methyl sites for hydroxylation is 1. The van der Waals surface area contributed by atoms with Crippen LogP contribution in [0.3, 0.4) is 0 Å². The van der Waals surface area contributed by atoms with E-state index in [1.54, 1.807) is 27.7 Å². The van der Waals surface area contributed by atoms with Gasteiger partial charge in [0.2, 0.25) is 5.91 Å². The van der Waals surface area contributed by atoms with Crippen LogP contribution in [0.15, 0.2) is 34.0 Å². The van der Waals surface area contributed by atoms with Crippen LogP contribution in [0.5, 0.6) is 0 Å². The quantitative estimate of drug-likeness (QED) is 0.522. The summed E-state index contributed by atoms with van der Waals surface area (Å²) in [6, 6.07) is 7.71. The van der Waals surface area contributed by atoms with Crippen molar-refractivity contribution in [1.29, 1.82) is 0 Å². The number of ether oxygens (including phenoxy) is 1. The number of thioether (sulfide) groups is 1. The second kappa shape index (κ2) is 10.2. The molecular weight excluding hydrogens is 468 g/mol. The Bertz CT molecular complexity index is 1260. The average molecular weight is 499 g/mol. The Kier molecular flexibility index (Phi) is 7.06. The molecule has 1 aromatic carbocycles. The summed E-state index contributed by atoms with van der Waals surface area (Å²) in [6.45, 7) is 5.67. The number of fused-ring (bicyclic) bond motifs is 3. The normalized spacial score (nSPS) is 18.7. The number of morpholine rings is 1. The van der Waals surface area contributed by atoms with Crippen LogP contribution in [0.4, 0.5) is 5.69 Å². The fraction of sp³-hybridized carbons (Fsp3) is 0.480. The fourth-order valence-electron chi connectivity index (χ4n) is 4.79. The zero-order valence-corrected chi connectivity index (χ0v) is 21.3. The molecule has 1 N–H and O–H groups in total. The van der Waals surface area contributed by atoms with Gasteiger partial charge in [-0.1, -0.05) is 19.1 Å². The molecule has 1 aliphatic heterocycles. The molecule has 3 aromatic rings. The molecule has 0 unspecified atom stereocenters. The van der Waals surface area contributed by atoms with Gasteiger partial charge in [-0.3, -0.25) is 19.1 Å². The van der Waals surface area contributed by atoms with E-state index < -0.39 is 0 Å². The number of anilines is 1. The van der Waals surface area contributed by atoms with Gasteiger partial charge in [0.25, 0.3) is 5.56 Å². The summed E-state index contributed by atoms with van der Waals surface area (Å²) in [5.41, 5.74) is 1.82. The molecule has 3 heterocycles. The summed E-state index contributed by atoms with van der Waals surface area (Å²) in [5.74, 6) is 1.06. The number of rotatable bonds is 6. The van der Waals surface area contributed by atoms with E-state index in [1.807, 2.05) is 30.5 Å². The number of aromatic nitrogens is 2. The van der Waals surface area contributed by atoms with Crippen molar-refractivity contribution in [3.8, 4) is 0 Å². The minimum Gasteiger partial charge on any atom is -0.379 e. The minimum absolute atomic E-state index is 0.0504. The molecule has 2 aromatic heterocycles. The standard InChI is InChI=1S/C25H30N4O3S2/c1-16-7-8-17-20(13-16)34-24-23(17)25(31)29(21(27-24)14-28-9-11-32-12-10-28)15-22(30)26-18-5-3-4-6-19(18)33-2/h3-6,16H,7-15H2,1-2H3,(H,26,30)/t16-/m0/s1. The van der Waals surface area contributed by atoms with Crippen LogP contribution >= 0.6 is 23.1 Å². The van der Waals surface area contributed by atoms with Gasteiger partial charge in [0, 0.05) is 22.9 Å². The molecule has 0 radical (unpaired) electrons. The second-order valence-corrected chi connectivity index (χ2v) is 11.0. The molecule has 9 heteroatoms. The van der Waals surface area contributed by atoms with Crippen molar-refractivity contribution in [1.82, 2.24) is 14.5 Å². The lowest BCUT2D eigenvalue weighted by atomic mass is 9.89. The van der Waals surface area contributed by atoms with Crippen molar-refractivity contribution in [2.24, 2.45) is 5.92 Å². The number of nitrogens with zero attached hydrogens (tertiary/aromatic N) is 3. The molecule has 2 aliphatic rings. The van der Waals surface area contributed by atoms with Gasteiger partial charge in [-0.05, 0) is 49.1 Å². The highest BCUT2D eigenvalue weighted by atomic mass is 32.2. The summed E-state index contributed by atoms with van der Waals surface area (Å²) >= 11 is 3.24. The van der Waals surface area contributed by atoms with Crippen LogP contribution in [-0.2, 0) is 35.5 Å². The molecule has 180 valence electrons. The van der Waals surface area contributed by atoms with Crippen LogP contribution in [-0.4, -0.2) is 52.9 Å².